The Morgan fingerprint density at radius 1 is 1.53 bits per heavy atom. The summed E-state index contributed by atoms with van der Waals surface area (Å²) in [5.41, 5.74) is 0. The van der Waals surface area contributed by atoms with Crippen LogP contribution in [0.5, 0.6) is 0 Å². The molecule has 0 fully saturated rings. The second kappa shape index (κ2) is 6.02. The molecule has 0 aliphatic carbocycles. The van der Waals surface area contributed by atoms with E-state index in [4.69, 9.17) is 0 Å². The van der Waals surface area contributed by atoms with Crippen molar-refractivity contribution in [3.8, 4) is 0 Å². The highest BCUT2D eigenvalue weighted by atomic mass is 32.2. The lowest BCUT2D eigenvalue weighted by atomic mass is 10.4. The van der Waals surface area contributed by atoms with Gasteiger partial charge in [0.1, 0.15) is 5.82 Å². The zero-order valence-corrected chi connectivity index (χ0v) is 11.7. The first-order chi connectivity index (χ1) is 7.97. The van der Waals surface area contributed by atoms with Crippen molar-refractivity contribution >= 4 is 17.7 Å². The van der Waals surface area contributed by atoms with Gasteiger partial charge in [-0.1, -0.05) is 11.8 Å². The average Bonchev–Trinajstić information content (AvgIpc) is 2.61. The largest absolute Gasteiger partial charge is 0.348 e. The minimum atomic E-state index is -0.157. The Morgan fingerprint density at radius 2 is 2.18 bits per heavy atom. The number of carbonyl (C=O) groups is 1. The van der Waals surface area contributed by atoms with Gasteiger partial charge in [-0.3, -0.25) is 4.79 Å². The summed E-state index contributed by atoms with van der Waals surface area (Å²) in [5, 5.41) is 11.8. The number of carbonyl (C=O) groups excluding carboxylic acids is 1. The van der Waals surface area contributed by atoms with Gasteiger partial charge in [0.15, 0.2) is 5.16 Å². The van der Waals surface area contributed by atoms with Crippen molar-refractivity contribution in [1.82, 2.24) is 25.0 Å². The van der Waals surface area contributed by atoms with E-state index in [1.165, 1.54) is 11.8 Å². The summed E-state index contributed by atoms with van der Waals surface area (Å²) in [5.74, 6) is 0.938. The molecule has 7 heteroatoms. The van der Waals surface area contributed by atoms with Gasteiger partial charge in [-0.25, -0.2) is 0 Å². The van der Waals surface area contributed by atoms with Crippen molar-refractivity contribution in [1.29, 1.82) is 0 Å². The predicted molar refractivity (Wildman–Crippen MR) is 67.8 cm³/mol. The fourth-order valence-electron chi connectivity index (χ4n) is 1.33. The molecule has 17 heavy (non-hydrogen) atoms. The summed E-state index contributed by atoms with van der Waals surface area (Å²) in [7, 11) is 7.27. The van der Waals surface area contributed by atoms with Crippen LogP contribution in [0.25, 0.3) is 0 Å². The molecule has 1 amide bonds. The first-order valence-corrected chi connectivity index (χ1v) is 6.26. The molecule has 1 N–H and O–H groups in total. The molecule has 1 heterocycles. The molecule has 0 radical (unpaired) electrons. The number of nitrogens with zero attached hydrogens (tertiary/aromatic N) is 4. The fraction of sp³-hybridized carbons (Fsp3) is 0.700. The van der Waals surface area contributed by atoms with Gasteiger partial charge in [-0.05, 0) is 14.0 Å². The Balaban J connectivity index is 2.72. The van der Waals surface area contributed by atoms with Crippen LogP contribution in [0.2, 0.25) is 0 Å². The van der Waals surface area contributed by atoms with E-state index in [-0.39, 0.29) is 11.2 Å². The minimum absolute atomic E-state index is 0.0770. The molecule has 1 rings (SSSR count). The van der Waals surface area contributed by atoms with Crippen LogP contribution in [0, 0.1) is 0 Å². The molecule has 0 aromatic carbocycles. The normalized spacial score (nSPS) is 12.5. The molecule has 0 aliphatic rings. The highest BCUT2D eigenvalue weighted by molar-refractivity contribution is 8.00. The maximum Gasteiger partial charge on any atom is 0.235 e. The Morgan fingerprint density at radius 3 is 2.71 bits per heavy atom. The number of aromatic nitrogens is 3. The van der Waals surface area contributed by atoms with Gasteiger partial charge in [0.2, 0.25) is 5.91 Å². The molecular weight excluding hydrogens is 238 g/mol. The monoisotopic (exact) mass is 257 g/mol. The van der Waals surface area contributed by atoms with Gasteiger partial charge in [0.05, 0.1) is 11.8 Å². The molecule has 96 valence electrons. The Kier molecular flexibility index (Phi) is 4.95. The number of hydrogen-bond acceptors (Lipinski definition) is 5. The molecule has 1 unspecified atom stereocenters. The molecular formula is C10H19N5OS. The second-order valence-corrected chi connectivity index (χ2v) is 5.29. The lowest BCUT2D eigenvalue weighted by molar-refractivity contribution is -0.127. The zero-order valence-electron chi connectivity index (χ0n) is 10.9. The SMILES string of the molecule is CNCc1nnc(SC(C)C(=O)N(C)C)n1C. The molecule has 0 aliphatic heterocycles. The number of hydrogen-bond donors (Lipinski definition) is 1. The van der Waals surface area contributed by atoms with Crippen molar-refractivity contribution < 1.29 is 4.79 Å². The maximum atomic E-state index is 11.7. The minimum Gasteiger partial charge on any atom is -0.348 e. The summed E-state index contributed by atoms with van der Waals surface area (Å²) in [6.45, 7) is 2.54. The molecule has 0 bridgehead atoms. The van der Waals surface area contributed by atoms with Crippen molar-refractivity contribution in [2.75, 3.05) is 21.1 Å². The summed E-state index contributed by atoms with van der Waals surface area (Å²) >= 11 is 1.42. The Hall–Kier alpha value is -1.08. The second-order valence-electron chi connectivity index (χ2n) is 3.98. The molecule has 0 saturated carbocycles. The van der Waals surface area contributed by atoms with E-state index in [1.807, 2.05) is 25.6 Å². The van der Waals surface area contributed by atoms with Crippen molar-refractivity contribution in [3.63, 3.8) is 0 Å². The number of rotatable bonds is 5. The van der Waals surface area contributed by atoms with Gasteiger partial charge in [0.25, 0.3) is 0 Å². The highest BCUT2D eigenvalue weighted by Crippen LogP contribution is 2.22. The van der Waals surface area contributed by atoms with Gasteiger partial charge in [-0.2, -0.15) is 0 Å². The van der Waals surface area contributed by atoms with Gasteiger partial charge < -0.3 is 14.8 Å². The van der Waals surface area contributed by atoms with Crippen LogP contribution >= 0.6 is 11.8 Å². The van der Waals surface area contributed by atoms with Crippen LogP contribution in [-0.2, 0) is 18.4 Å². The molecule has 0 spiro atoms. The van der Waals surface area contributed by atoms with Crippen LogP contribution < -0.4 is 5.32 Å². The van der Waals surface area contributed by atoms with E-state index in [0.717, 1.165) is 11.0 Å². The third-order valence-electron chi connectivity index (χ3n) is 2.33. The number of thioether (sulfide) groups is 1. The number of nitrogens with one attached hydrogen (secondary N) is 1. The topological polar surface area (TPSA) is 63.1 Å². The lowest BCUT2D eigenvalue weighted by Gasteiger charge is -2.15. The summed E-state index contributed by atoms with van der Waals surface area (Å²) < 4.78 is 1.90. The van der Waals surface area contributed by atoms with E-state index in [9.17, 15) is 4.79 Å². The first-order valence-electron chi connectivity index (χ1n) is 5.38. The van der Waals surface area contributed by atoms with Gasteiger partial charge in [-0.15, -0.1) is 10.2 Å². The molecule has 1 aromatic heterocycles. The van der Waals surface area contributed by atoms with Crippen molar-refractivity contribution in [3.05, 3.63) is 5.82 Å². The first kappa shape index (κ1) is 14.0. The van der Waals surface area contributed by atoms with E-state index in [0.29, 0.717) is 6.54 Å². The van der Waals surface area contributed by atoms with Crippen LogP contribution in [0.1, 0.15) is 12.7 Å². The molecule has 1 atom stereocenters. The number of amides is 1. The van der Waals surface area contributed by atoms with Crippen LogP contribution in [0.4, 0.5) is 0 Å². The van der Waals surface area contributed by atoms with Gasteiger partial charge >= 0.3 is 0 Å². The third-order valence-corrected chi connectivity index (χ3v) is 3.45. The standard InChI is InChI=1S/C10H19N5OS/c1-7(9(16)14(3)4)17-10-13-12-8(6-11-2)15(10)5/h7,11H,6H2,1-5H3. The predicted octanol–water partition coefficient (Wildman–Crippen LogP) is 0.103. The molecule has 0 saturated heterocycles. The fourth-order valence-corrected chi connectivity index (χ4v) is 2.31. The zero-order chi connectivity index (χ0) is 13.0. The van der Waals surface area contributed by atoms with Crippen LogP contribution in [-0.4, -0.2) is 52.0 Å². The molecule has 6 nitrogen and oxygen atoms in total. The van der Waals surface area contributed by atoms with Crippen molar-refractivity contribution in [2.45, 2.75) is 23.9 Å². The third kappa shape index (κ3) is 3.44. The lowest BCUT2D eigenvalue weighted by Crippen LogP contribution is -2.29. The van der Waals surface area contributed by atoms with Gasteiger partial charge in [0, 0.05) is 21.1 Å². The smallest absolute Gasteiger partial charge is 0.235 e. The van der Waals surface area contributed by atoms with E-state index >= 15 is 0 Å². The van der Waals surface area contributed by atoms with Crippen LogP contribution in [0.15, 0.2) is 5.16 Å². The summed E-state index contributed by atoms with van der Waals surface area (Å²) in [4.78, 5) is 13.3. The average molecular weight is 257 g/mol. The van der Waals surface area contributed by atoms with E-state index in [1.54, 1.807) is 19.0 Å². The van der Waals surface area contributed by atoms with Crippen LogP contribution in [0.3, 0.4) is 0 Å². The molecule has 1 aromatic rings. The Bertz CT molecular complexity index is 390. The quantitative estimate of drug-likeness (QED) is 0.758. The summed E-state index contributed by atoms with van der Waals surface area (Å²) in [6, 6.07) is 0. The van der Waals surface area contributed by atoms with E-state index < -0.39 is 0 Å². The van der Waals surface area contributed by atoms with E-state index in [2.05, 4.69) is 15.5 Å². The van der Waals surface area contributed by atoms with Crippen molar-refractivity contribution in [2.24, 2.45) is 7.05 Å². The highest BCUT2D eigenvalue weighted by Gasteiger charge is 2.19. The Labute approximate surface area is 106 Å². The summed E-state index contributed by atoms with van der Waals surface area (Å²) in [6.07, 6.45) is 0. The maximum absolute atomic E-state index is 11.7.